The van der Waals surface area contributed by atoms with Crippen LogP contribution in [-0.2, 0) is 4.79 Å². The topological polar surface area (TPSA) is 37.3 Å². The first kappa shape index (κ1) is 11.5. The quantitative estimate of drug-likeness (QED) is 0.733. The number of fused-ring (bicyclic) bond motifs is 1. The summed E-state index contributed by atoms with van der Waals surface area (Å²) in [5, 5.41) is 9.41. The summed E-state index contributed by atoms with van der Waals surface area (Å²) in [4.78, 5) is 11.4. The van der Waals surface area contributed by atoms with Gasteiger partial charge in [0, 0.05) is 8.65 Å². The van der Waals surface area contributed by atoms with E-state index in [0.717, 1.165) is 32.1 Å². The second-order valence-corrected chi connectivity index (χ2v) is 9.38. The van der Waals surface area contributed by atoms with Crippen LogP contribution in [0.15, 0.2) is 0 Å². The van der Waals surface area contributed by atoms with Gasteiger partial charge in [-0.3, -0.25) is 4.79 Å². The average molecular weight is 352 g/mol. The molecule has 0 amide bonds. The van der Waals surface area contributed by atoms with Crippen molar-refractivity contribution in [1.82, 2.24) is 0 Å². The van der Waals surface area contributed by atoms with Gasteiger partial charge in [0.1, 0.15) is 0 Å². The fourth-order valence-corrected chi connectivity index (χ4v) is 7.36. The molecule has 0 aromatic rings. The van der Waals surface area contributed by atoms with E-state index >= 15 is 0 Å². The number of halogens is 2. The maximum absolute atomic E-state index is 11.4. The Kier molecular flexibility index (Phi) is 2.50. The standard InChI is InChI=1S/C12H16Br2O2/c13-11-2-1-7-3-12(14,6-11)5-8(4-11)9(7)10(15)16/h7-9H,1-6H2,(H,15,16). The van der Waals surface area contributed by atoms with Gasteiger partial charge in [-0.1, -0.05) is 31.9 Å². The van der Waals surface area contributed by atoms with Gasteiger partial charge in [-0.25, -0.2) is 0 Å². The summed E-state index contributed by atoms with van der Waals surface area (Å²) >= 11 is 7.79. The number of rotatable bonds is 1. The molecule has 0 saturated heterocycles. The van der Waals surface area contributed by atoms with Crippen LogP contribution in [0.25, 0.3) is 0 Å². The molecule has 0 aromatic heterocycles. The molecule has 0 heterocycles. The van der Waals surface area contributed by atoms with Crippen LogP contribution in [-0.4, -0.2) is 19.7 Å². The van der Waals surface area contributed by atoms with Crippen molar-refractivity contribution in [2.24, 2.45) is 17.8 Å². The molecule has 1 N–H and O–H groups in total. The summed E-state index contributed by atoms with van der Waals surface area (Å²) in [5.74, 6) is 0.0948. The largest absolute Gasteiger partial charge is 0.481 e. The SMILES string of the molecule is O=C(O)C1C2CCC3(Br)CC1CC(Br)(C2)C3. The molecular weight excluding hydrogens is 336 g/mol. The van der Waals surface area contributed by atoms with Gasteiger partial charge in [0.2, 0.25) is 0 Å². The van der Waals surface area contributed by atoms with Crippen LogP contribution >= 0.6 is 31.9 Å². The van der Waals surface area contributed by atoms with E-state index < -0.39 is 5.97 Å². The maximum atomic E-state index is 11.4. The summed E-state index contributed by atoms with van der Waals surface area (Å²) in [6.07, 6.45) is 6.53. The molecule has 90 valence electrons. The highest BCUT2D eigenvalue weighted by atomic mass is 79.9. The van der Waals surface area contributed by atoms with E-state index in [2.05, 4.69) is 31.9 Å². The number of carboxylic acid groups (broad SMARTS) is 1. The molecular formula is C12H16Br2O2. The molecule has 4 rings (SSSR count). The van der Waals surface area contributed by atoms with Gasteiger partial charge in [-0.2, -0.15) is 0 Å². The Morgan fingerprint density at radius 3 is 2.44 bits per heavy atom. The van der Waals surface area contributed by atoms with Crippen molar-refractivity contribution in [3.05, 3.63) is 0 Å². The van der Waals surface area contributed by atoms with E-state index in [0.29, 0.717) is 11.8 Å². The number of carbonyl (C=O) groups is 1. The van der Waals surface area contributed by atoms with E-state index in [1.165, 1.54) is 6.42 Å². The number of carboxylic acids is 1. The first-order valence-electron chi connectivity index (χ1n) is 6.02. The first-order valence-corrected chi connectivity index (χ1v) is 7.60. The third-order valence-electron chi connectivity index (χ3n) is 4.78. The molecule has 4 heteroatoms. The van der Waals surface area contributed by atoms with Gasteiger partial charge < -0.3 is 5.11 Å². The average Bonchev–Trinajstić information content (AvgIpc) is 2.25. The third kappa shape index (κ3) is 1.67. The van der Waals surface area contributed by atoms with Crippen LogP contribution in [0.2, 0.25) is 0 Å². The number of aliphatic carboxylic acids is 1. The van der Waals surface area contributed by atoms with Crippen LogP contribution in [0.1, 0.15) is 38.5 Å². The van der Waals surface area contributed by atoms with Crippen molar-refractivity contribution >= 4 is 37.8 Å². The van der Waals surface area contributed by atoms with Crippen molar-refractivity contribution in [1.29, 1.82) is 0 Å². The van der Waals surface area contributed by atoms with Crippen molar-refractivity contribution in [3.63, 3.8) is 0 Å². The monoisotopic (exact) mass is 350 g/mol. The van der Waals surface area contributed by atoms with Gasteiger partial charge in [0.25, 0.3) is 0 Å². The lowest BCUT2D eigenvalue weighted by Crippen LogP contribution is -2.49. The fourth-order valence-electron chi connectivity index (χ4n) is 4.43. The number of hydrogen-bond acceptors (Lipinski definition) is 1. The summed E-state index contributed by atoms with van der Waals surface area (Å²) in [7, 11) is 0. The lowest BCUT2D eigenvalue weighted by atomic mass is 9.62. The zero-order valence-electron chi connectivity index (χ0n) is 9.09. The Morgan fingerprint density at radius 1 is 1.12 bits per heavy atom. The first-order chi connectivity index (χ1) is 7.41. The third-order valence-corrected chi connectivity index (χ3v) is 6.71. The van der Waals surface area contributed by atoms with E-state index in [1.54, 1.807) is 0 Å². The molecule has 0 radical (unpaired) electrons. The highest BCUT2D eigenvalue weighted by molar-refractivity contribution is 9.10. The highest BCUT2D eigenvalue weighted by Crippen LogP contribution is 2.62. The van der Waals surface area contributed by atoms with Gasteiger partial charge in [-0.05, 0) is 50.4 Å². The van der Waals surface area contributed by atoms with E-state index in [4.69, 9.17) is 0 Å². The second-order valence-electron chi connectivity index (χ2n) is 6.01. The molecule has 4 bridgehead atoms. The lowest BCUT2D eigenvalue weighted by Gasteiger charge is -2.50. The molecule has 5 atom stereocenters. The van der Waals surface area contributed by atoms with E-state index in [9.17, 15) is 9.90 Å². The predicted octanol–water partition coefficient (Wildman–Crippen LogP) is 3.57. The number of alkyl halides is 2. The summed E-state index contributed by atoms with van der Waals surface area (Å²) < 4.78 is 0.422. The van der Waals surface area contributed by atoms with Gasteiger partial charge in [0.15, 0.2) is 0 Å². The lowest BCUT2D eigenvalue weighted by molar-refractivity contribution is -0.148. The Morgan fingerprint density at radius 2 is 1.75 bits per heavy atom. The van der Waals surface area contributed by atoms with Crippen LogP contribution in [0.4, 0.5) is 0 Å². The molecule has 4 saturated carbocycles. The van der Waals surface area contributed by atoms with Crippen molar-refractivity contribution in [3.8, 4) is 0 Å². The summed E-state index contributed by atoms with van der Waals surface area (Å²) in [5.41, 5.74) is 0. The maximum Gasteiger partial charge on any atom is 0.307 e. The van der Waals surface area contributed by atoms with Crippen LogP contribution < -0.4 is 0 Å². The molecule has 0 aliphatic heterocycles. The van der Waals surface area contributed by atoms with Gasteiger partial charge >= 0.3 is 5.97 Å². The molecule has 0 spiro atoms. The minimum absolute atomic E-state index is 0.0922. The second kappa shape index (κ2) is 3.47. The van der Waals surface area contributed by atoms with Crippen molar-refractivity contribution in [2.45, 2.75) is 47.2 Å². The highest BCUT2D eigenvalue weighted by Gasteiger charge is 2.58. The van der Waals surface area contributed by atoms with E-state index in [-0.39, 0.29) is 14.6 Å². The van der Waals surface area contributed by atoms with Crippen LogP contribution in [0.5, 0.6) is 0 Å². The molecule has 2 nitrogen and oxygen atoms in total. The van der Waals surface area contributed by atoms with Crippen molar-refractivity contribution < 1.29 is 9.90 Å². The Hall–Kier alpha value is 0.430. The summed E-state index contributed by atoms with van der Waals surface area (Å²) in [6.45, 7) is 0. The van der Waals surface area contributed by atoms with E-state index in [1.807, 2.05) is 0 Å². The van der Waals surface area contributed by atoms with Crippen LogP contribution in [0, 0.1) is 17.8 Å². The summed E-state index contributed by atoms with van der Waals surface area (Å²) in [6, 6.07) is 0. The van der Waals surface area contributed by atoms with Gasteiger partial charge in [0.05, 0.1) is 5.92 Å². The predicted molar refractivity (Wildman–Crippen MR) is 69.1 cm³/mol. The molecule has 4 aliphatic rings. The van der Waals surface area contributed by atoms with Crippen molar-refractivity contribution in [2.75, 3.05) is 0 Å². The number of hydrogen-bond donors (Lipinski definition) is 1. The molecule has 0 aromatic carbocycles. The minimum Gasteiger partial charge on any atom is -0.481 e. The Balaban J connectivity index is 2.01. The normalized spacial score (nSPS) is 55.0. The molecule has 4 aliphatic carbocycles. The van der Waals surface area contributed by atoms with Gasteiger partial charge in [-0.15, -0.1) is 0 Å². The zero-order chi connectivity index (χ0) is 11.6. The molecule has 16 heavy (non-hydrogen) atoms. The molecule has 5 unspecified atom stereocenters. The Bertz CT molecular complexity index is 340. The zero-order valence-corrected chi connectivity index (χ0v) is 12.3. The smallest absolute Gasteiger partial charge is 0.307 e. The van der Waals surface area contributed by atoms with Crippen LogP contribution in [0.3, 0.4) is 0 Å². The minimum atomic E-state index is -0.566. The fraction of sp³-hybridized carbons (Fsp3) is 0.917. The molecule has 4 fully saturated rings. The Labute approximate surface area is 112 Å².